The van der Waals surface area contributed by atoms with Gasteiger partial charge in [-0.2, -0.15) is 0 Å². The van der Waals surface area contributed by atoms with Gasteiger partial charge >= 0.3 is 0 Å². The van der Waals surface area contributed by atoms with Crippen molar-refractivity contribution in [3.63, 3.8) is 0 Å². The van der Waals surface area contributed by atoms with Crippen LogP contribution >= 0.6 is 0 Å². The second-order valence-electron chi connectivity index (χ2n) is 5.02. The van der Waals surface area contributed by atoms with Crippen molar-refractivity contribution in [2.75, 3.05) is 13.2 Å². The van der Waals surface area contributed by atoms with E-state index in [9.17, 15) is 0 Å². The summed E-state index contributed by atoms with van der Waals surface area (Å²) in [6, 6.07) is 0.544. The third kappa shape index (κ3) is 2.05. The van der Waals surface area contributed by atoms with Crippen LogP contribution in [0.15, 0.2) is 0 Å². The van der Waals surface area contributed by atoms with Crippen LogP contribution in [0.2, 0.25) is 0 Å². The lowest BCUT2D eigenvalue weighted by molar-refractivity contribution is -0.0184. The van der Waals surface area contributed by atoms with Gasteiger partial charge in [0.15, 0.2) is 0 Å². The number of hydrogen-bond donors (Lipinski definition) is 1. The maximum Gasteiger partial charge on any atom is 0.0649 e. The molecule has 0 bridgehead atoms. The van der Waals surface area contributed by atoms with Gasteiger partial charge in [0.05, 0.1) is 13.2 Å². The van der Waals surface area contributed by atoms with E-state index >= 15 is 0 Å². The van der Waals surface area contributed by atoms with E-state index in [0.29, 0.717) is 11.6 Å². The molecule has 0 radical (unpaired) electrons. The molecule has 0 aromatic rings. The summed E-state index contributed by atoms with van der Waals surface area (Å²) < 4.78 is 5.65. The number of nitrogens with one attached hydrogen (secondary N) is 1. The molecule has 0 unspecified atom stereocenters. The van der Waals surface area contributed by atoms with Crippen molar-refractivity contribution in [1.82, 2.24) is 5.32 Å². The molecule has 2 heteroatoms. The molecule has 1 heterocycles. The van der Waals surface area contributed by atoms with Gasteiger partial charge in [-0.25, -0.2) is 0 Å². The van der Waals surface area contributed by atoms with Gasteiger partial charge in [0.1, 0.15) is 0 Å². The summed E-state index contributed by atoms with van der Waals surface area (Å²) in [5.41, 5.74) is 0.337. The average Bonchev–Trinajstić information content (AvgIpc) is 2.11. The Labute approximate surface area is 81.0 Å². The summed E-state index contributed by atoms with van der Waals surface area (Å²) in [4.78, 5) is 0. The van der Waals surface area contributed by atoms with Crippen LogP contribution in [-0.4, -0.2) is 24.8 Å². The molecule has 2 rings (SSSR count). The number of rotatable bonds is 0. The Morgan fingerprint density at radius 1 is 1.23 bits per heavy atom. The minimum Gasteiger partial charge on any atom is -0.378 e. The fourth-order valence-corrected chi connectivity index (χ4v) is 2.64. The molecular weight excluding hydrogens is 162 g/mol. The minimum absolute atomic E-state index is 0.337. The molecule has 1 saturated carbocycles. The Hall–Kier alpha value is -0.0800. The molecule has 2 nitrogen and oxygen atoms in total. The summed E-state index contributed by atoms with van der Waals surface area (Å²) in [5, 5.41) is 3.73. The smallest absolute Gasteiger partial charge is 0.0649 e. The van der Waals surface area contributed by atoms with Crippen LogP contribution in [0.3, 0.4) is 0 Å². The molecular formula is C11H21NO. The summed E-state index contributed by atoms with van der Waals surface area (Å²) in [6.07, 6.45) is 5.34. The molecule has 0 amide bonds. The highest BCUT2D eigenvalue weighted by Crippen LogP contribution is 2.33. The zero-order valence-corrected chi connectivity index (χ0v) is 8.81. The molecule has 1 atom stereocenters. The van der Waals surface area contributed by atoms with Crippen LogP contribution in [0.4, 0.5) is 0 Å². The highest BCUT2D eigenvalue weighted by atomic mass is 16.5. The first-order valence-corrected chi connectivity index (χ1v) is 5.56. The second-order valence-corrected chi connectivity index (χ2v) is 5.02. The van der Waals surface area contributed by atoms with Crippen LogP contribution in [0.1, 0.15) is 39.5 Å². The molecule has 1 aliphatic carbocycles. The van der Waals surface area contributed by atoms with E-state index in [-0.39, 0.29) is 0 Å². The highest BCUT2D eigenvalue weighted by molar-refractivity contribution is 4.95. The molecule has 1 N–H and O–H groups in total. The van der Waals surface area contributed by atoms with Gasteiger partial charge in [-0.1, -0.05) is 6.92 Å². The first kappa shape index (κ1) is 9.47. The summed E-state index contributed by atoms with van der Waals surface area (Å²) in [5.74, 6) is 0.921. The van der Waals surface area contributed by atoms with Gasteiger partial charge in [-0.3, -0.25) is 0 Å². The van der Waals surface area contributed by atoms with E-state index in [4.69, 9.17) is 4.74 Å². The molecule has 76 valence electrons. The summed E-state index contributed by atoms with van der Waals surface area (Å²) >= 11 is 0. The number of morpholine rings is 1. The van der Waals surface area contributed by atoms with Crippen molar-refractivity contribution in [2.24, 2.45) is 5.92 Å². The Kier molecular flexibility index (Phi) is 2.61. The van der Waals surface area contributed by atoms with Crippen molar-refractivity contribution in [1.29, 1.82) is 0 Å². The SMILES string of the molecule is CC1CCC2(CC1)COC[C@@H](C)N2. The maximum atomic E-state index is 5.65. The van der Waals surface area contributed by atoms with Gasteiger partial charge in [0.25, 0.3) is 0 Å². The van der Waals surface area contributed by atoms with Gasteiger partial charge in [-0.15, -0.1) is 0 Å². The Morgan fingerprint density at radius 2 is 1.92 bits per heavy atom. The van der Waals surface area contributed by atoms with Crippen LogP contribution in [0, 0.1) is 5.92 Å². The predicted molar refractivity (Wildman–Crippen MR) is 53.8 cm³/mol. The van der Waals surface area contributed by atoms with Crippen LogP contribution < -0.4 is 5.32 Å². The van der Waals surface area contributed by atoms with Gasteiger partial charge in [0, 0.05) is 11.6 Å². The van der Waals surface area contributed by atoms with Crippen molar-refractivity contribution in [3.05, 3.63) is 0 Å². The van der Waals surface area contributed by atoms with E-state index in [2.05, 4.69) is 19.2 Å². The van der Waals surface area contributed by atoms with E-state index in [0.717, 1.165) is 19.1 Å². The molecule has 2 fully saturated rings. The van der Waals surface area contributed by atoms with Crippen molar-refractivity contribution in [3.8, 4) is 0 Å². The van der Waals surface area contributed by atoms with Crippen molar-refractivity contribution in [2.45, 2.75) is 51.1 Å². The lowest BCUT2D eigenvalue weighted by Crippen LogP contribution is -2.59. The van der Waals surface area contributed by atoms with E-state index in [1.807, 2.05) is 0 Å². The average molecular weight is 183 g/mol. The maximum absolute atomic E-state index is 5.65. The standard InChI is InChI=1S/C11H21NO/c1-9-3-5-11(6-4-9)8-13-7-10(2)12-11/h9-10,12H,3-8H2,1-2H3/t9?,10-,11?/m1/s1. The Bertz CT molecular complexity index is 173. The first-order chi connectivity index (χ1) is 6.20. The van der Waals surface area contributed by atoms with Gasteiger partial charge < -0.3 is 10.1 Å². The van der Waals surface area contributed by atoms with Crippen molar-refractivity contribution >= 4 is 0 Å². The Balaban J connectivity index is 1.95. The lowest BCUT2D eigenvalue weighted by atomic mass is 9.76. The fraction of sp³-hybridized carbons (Fsp3) is 1.00. The van der Waals surface area contributed by atoms with E-state index in [1.54, 1.807) is 0 Å². The topological polar surface area (TPSA) is 21.3 Å². The number of hydrogen-bond acceptors (Lipinski definition) is 2. The lowest BCUT2D eigenvalue weighted by Gasteiger charge is -2.45. The third-order valence-corrected chi connectivity index (χ3v) is 3.53. The predicted octanol–water partition coefficient (Wildman–Crippen LogP) is 1.94. The van der Waals surface area contributed by atoms with E-state index < -0.39 is 0 Å². The largest absolute Gasteiger partial charge is 0.378 e. The summed E-state index contributed by atoms with van der Waals surface area (Å²) in [6.45, 7) is 6.40. The summed E-state index contributed by atoms with van der Waals surface area (Å²) in [7, 11) is 0. The Morgan fingerprint density at radius 3 is 2.54 bits per heavy atom. The van der Waals surface area contributed by atoms with Crippen LogP contribution in [0.5, 0.6) is 0 Å². The molecule has 1 saturated heterocycles. The quantitative estimate of drug-likeness (QED) is 0.619. The first-order valence-electron chi connectivity index (χ1n) is 5.56. The minimum atomic E-state index is 0.337. The van der Waals surface area contributed by atoms with Gasteiger partial charge in [0.2, 0.25) is 0 Å². The third-order valence-electron chi connectivity index (χ3n) is 3.53. The molecule has 1 spiro atoms. The molecule has 1 aliphatic heterocycles. The molecule has 0 aromatic carbocycles. The van der Waals surface area contributed by atoms with E-state index in [1.165, 1.54) is 25.7 Å². The van der Waals surface area contributed by atoms with Crippen LogP contribution in [0.25, 0.3) is 0 Å². The van der Waals surface area contributed by atoms with Gasteiger partial charge in [-0.05, 0) is 38.5 Å². The number of ether oxygens (including phenoxy) is 1. The van der Waals surface area contributed by atoms with Crippen LogP contribution in [-0.2, 0) is 4.74 Å². The zero-order valence-electron chi connectivity index (χ0n) is 8.81. The normalized spacial score (nSPS) is 46.6. The fourth-order valence-electron chi connectivity index (χ4n) is 2.64. The molecule has 2 aliphatic rings. The zero-order chi connectivity index (χ0) is 9.31. The van der Waals surface area contributed by atoms with Crippen molar-refractivity contribution < 1.29 is 4.74 Å². The monoisotopic (exact) mass is 183 g/mol. The highest BCUT2D eigenvalue weighted by Gasteiger charge is 2.37. The molecule has 0 aromatic heterocycles. The second kappa shape index (κ2) is 3.58. The molecule has 13 heavy (non-hydrogen) atoms.